The summed E-state index contributed by atoms with van der Waals surface area (Å²) in [6, 6.07) is 0. The minimum absolute atomic E-state index is 0.522. The van der Waals surface area contributed by atoms with Gasteiger partial charge in [0.1, 0.15) is 0 Å². The van der Waals surface area contributed by atoms with Crippen LogP contribution in [0.15, 0.2) is 0 Å². The standard InChI is InChI=1S/C11H19IO/c1-8(9-4-2-5-9)13-11-7-3-6-10(11)12/h8-11H,2-7H2,1H3. The topological polar surface area (TPSA) is 9.23 Å². The van der Waals surface area contributed by atoms with Crippen molar-refractivity contribution >= 4 is 22.6 Å². The molecule has 2 heteroatoms. The quantitative estimate of drug-likeness (QED) is 0.571. The first-order chi connectivity index (χ1) is 6.27. The molecule has 0 N–H and O–H groups in total. The van der Waals surface area contributed by atoms with Crippen LogP contribution >= 0.6 is 22.6 Å². The Balaban J connectivity index is 1.75. The fraction of sp³-hybridized carbons (Fsp3) is 1.00. The first kappa shape index (κ1) is 10.2. The van der Waals surface area contributed by atoms with Gasteiger partial charge in [0.05, 0.1) is 12.2 Å². The van der Waals surface area contributed by atoms with Crippen LogP contribution in [0.5, 0.6) is 0 Å². The number of alkyl halides is 1. The highest BCUT2D eigenvalue weighted by Gasteiger charge is 2.31. The summed E-state index contributed by atoms with van der Waals surface area (Å²) in [4.78, 5) is 0. The average molecular weight is 294 g/mol. The Labute approximate surface area is 94.8 Å². The number of hydrogen-bond donors (Lipinski definition) is 0. The highest BCUT2D eigenvalue weighted by molar-refractivity contribution is 14.1. The highest BCUT2D eigenvalue weighted by atomic mass is 127. The lowest BCUT2D eigenvalue weighted by atomic mass is 9.81. The van der Waals surface area contributed by atoms with Crippen molar-refractivity contribution in [3.63, 3.8) is 0 Å². The van der Waals surface area contributed by atoms with E-state index in [2.05, 4.69) is 29.5 Å². The third kappa shape index (κ3) is 2.38. The van der Waals surface area contributed by atoms with Crippen molar-refractivity contribution in [1.29, 1.82) is 0 Å². The predicted molar refractivity (Wildman–Crippen MR) is 63.3 cm³/mol. The Morgan fingerprint density at radius 2 is 1.85 bits per heavy atom. The molecule has 0 spiro atoms. The van der Waals surface area contributed by atoms with Crippen molar-refractivity contribution in [3.05, 3.63) is 0 Å². The van der Waals surface area contributed by atoms with E-state index in [1.165, 1.54) is 38.5 Å². The molecule has 2 aliphatic carbocycles. The van der Waals surface area contributed by atoms with Gasteiger partial charge < -0.3 is 4.74 Å². The Bertz CT molecular complexity index is 167. The van der Waals surface area contributed by atoms with E-state index in [9.17, 15) is 0 Å². The lowest BCUT2D eigenvalue weighted by molar-refractivity contribution is -0.0441. The number of ether oxygens (including phenoxy) is 1. The lowest BCUT2D eigenvalue weighted by Gasteiger charge is -2.33. The second-order valence-corrected chi connectivity index (χ2v) is 6.12. The summed E-state index contributed by atoms with van der Waals surface area (Å²) in [6.45, 7) is 2.27. The molecular formula is C11H19IO. The highest BCUT2D eigenvalue weighted by Crippen LogP contribution is 2.35. The monoisotopic (exact) mass is 294 g/mol. The molecule has 2 saturated carbocycles. The van der Waals surface area contributed by atoms with Crippen molar-refractivity contribution < 1.29 is 4.74 Å². The van der Waals surface area contributed by atoms with Crippen LogP contribution in [0.2, 0.25) is 0 Å². The lowest BCUT2D eigenvalue weighted by Crippen LogP contribution is -2.32. The molecule has 3 unspecified atom stereocenters. The van der Waals surface area contributed by atoms with Crippen molar-refractivity contribution in [3.8, 4) is 0 Å². The summed E-state index contributed by atoms with van der Waals surface area (Å²) in [7, 11) is 0. The maximum atomic E-state index is 6.12. The van der Waals surface area contributed by atoms with E-state index >= 15 is 0 Å². The first-order valence-corrected chi connectivity index (χ1v) is 6.81. The van der Waals surface area contributed by atoms with E-state index < -0.39 is 0 Å². The molecule has 0 aromatic rings. The van der Waals surface area contributed by atoms with Gasteiger partial charge >= 0.3 is 0 Å². The predicted octanol–water partition coefficient (Wildman–Crippen LogP) is 3.55. The molecular weight excluding hydrogens is 275 g/mol. The SMILES string of the molecule is CC(OC1CCCC1I)C1CCC1. The van der Waals surface area contributed by atoms with E-state index in [1.807, 2.05) is 0 Å². The molecule has 3 atom stereocenters. The Kier molecular flexibility index (Phi) is 3.52. The molecule has 2 aliphatic rings. The molecule has 0 bridgehead atoms. The second kappa shape index (κ2) is 4.47. The molecule has 0 saturated heterocycles. The van der Waals surface area contributed by atoms with Crippen molar-refractivity contribution in [2.75, 3.05) is 0 Å². The third-order valence-corrected chi connectivity index (χ3v) is 5.00. The molecule has 0 aliphatic heterocycles. The average Bonchev–Trinajstić information content (AvgIpc) is 2.32. The zero-order valence-electron chi connectivity index (χ0n) is 8.34. The largest absolute Gasteiger partial charge is 0.374 e. The number of rotatable bonds is 3. The molecule has 1 nitrogen and oxygen atoms in total. The van der Waals surface area contributed by atoms with Crippen LogP contribution in [0.25, 0.3) is 0 Å². The van der Waals surface area contributed by atoms with Crippen molar-refractivity contribution in [2.24, 2.45) is 5.92 Å². The zero-order chi connectivity index (χ0) is 9.26. The van der Waals surface area contributed by atoms with Crippen LogP contribution in [0.1, 0.15) is 45.4 Å². The van der Waals surface area contributed by atoms with Gasteiger partial charge in [-0.15, -0.1) is 0 Å². The van der Waals surface area contributed by atoms with Gasteiger partial charge in [-0.2, -0.15) is 0 Å². The second-order valence-electron chi connectivity index (χ2n) is 4.52. The van der Waals surface area contributed by atoms with Gasteiger partial charge in [-0.05, 0) is 44.9 Å². The van der Waals surface area contributed by atoms with Crippen LogP contribution in [-0.4, -0.2) is 16.1 Å². The Hall–Kier alpha value is 0.690. The summed E-state index contributed by atoms with van der Waals surface area (Å²) >= 11 is 2.56. The van der Waals surface area contributed by atoms with Crippen LogP contribution in [0.4, 0.5) is 0 Å². The Morgan fingerprint density at radius 3 is 2.31 bits per heavy atom. The van der Waals surface area contributed by atoms with Gasteiger partial charge in [-0.3, -0.25) is 0 Å². The van der Waals surface area contributed by atoms with E-state index in [1.54, 1.807) is 0 Å². The summed E-state index contributed by atoms with van der Waals surface area (Å²) in [5.74, 6) is 0.879. The van der Waals surface area contributed by atoms with Crippen LogP contribution < -0.4 is 0 Å². The first-order valence-electron chi connectivity index (χ1n) is 5.57. The van der Waals surface area contributed by atoms with Crippen molar-refractivity contribution in [1.82, 2.24) is 0 Å². The van der Waals surface area contributed by atoms with Gasteiger partial charge in [0.2, 0.25) is 0 Å². The van der Waals surface area contributed by atoms with E-state index in [4.69, 9.17) is 4.74 Å². The molecule has 0 aromatic heterocycles. The van der Waals surface area contributed by atoms with Crippen molar-refractivity contribution in [2.45, 2.75) is 61.6 Å². The summed E-state index contributed by atoms with van der Waals surface area (Å²) in [6.07, 6.45) is 9.35. The van der Waals surface area contributed by atoms with Gasteiger partial charge in [0, 0.05) is 3.92 Å². The summed E-state index contributed by atoms with van der Waals surface area (Å²) in [5, 5.41) is 0. The fourth-order valence-corrected chi connectivity index (χ4v) is 3.30. The van der Waals surface area contributed by atoms with E-state index in [0.717, 1.165) is 9.84 Å². The Morgan fingerprint density at radius 1 is 1.15 bits per heavy atom. The normalized spacial score (nSPS) is 37.4. The van der Waals surface area contributed by atoms with Gasteiger partial charge in [-0.25, -0.2) is 0 Å². The van der Waals surface area contributed by atoms with Gasteiger partial charge in [-0.1, -0.05) is 29.0 Å². The fourth-order valence-electron chi connectivity index (χ4n) is 2.33. The summed E-state index contributed by atoms with van der Waals surface area (Å²) < 4.78 is 6.90. The van der Waals surface area contributed by atoms with Crippen LogP contribution in [0.3, 0.4) is 0 Å². The third-order valence-electron chi connectivity index (χ3n) is 3.58. The number of hydrogen-bond acceptors (Lipinski definition) is 1. The maximum Gasteiger partial charge on any atom is 0.0696 e. The molecule has 76 valence electrons. The van der Waals surface area contributed by atoms with E-state index in [0.29, 0.717) is 12.2 Å². The molecule has 2 rings (SSSR count). The zero-order valence-corrected chi connectivity index (χ0v) is 10.5. The molecule has 0 aromatic carbocycles. The number of halogens is 1. The molecule has 0 amide bonds. The minimum Gasteiger partial charge on any atom is -0.374 e. The smallest absolute Gasteiger partial charge is 0.0696 e. The van der Waals surface area contributed by atoms with Gasteiger partial charge in [0.25, 0.3) is 0 Å². The maximum absolute atomic E-state index is 6.12. The molecule has 0 heterocycles. The minimum atomic E-state index is 0.522. The molecule has 0 radical (unpaired) electrons. The van der Waals surface area contributed by atoms with Crippen LogP contribution in [0, 0.1) is 5.92 Å². The van der Waals surface area contributed by atoms with Gasteiger partial charge in [0.15, 0.2) is 0 Å². The molecule has 2 fully saturated rings. The van der Waals surface area contributed by atoms with Crippen LogP contribution in [-0.2, 0) is 4.74 Å². The summed E-state index contributed by atoms with van der Waals surface area (Å²) in [5.41, 5.74) is 0. The molecule has 13 heavy (non-hydrogen) atoms. The van der Waals surface area contributed by atoms with E-state index in [-0.39, 0.29) is 0 Å².